The maximum atomic E-state index is 12.5. The Labute approximate surface area is 118 Å². The lowest BCUT2D eigenvalue weighted by Crippen LogP contribution is -2.55. The second-order valence-corrected chi connectivity index (χ2v) is 5.56. The molecule has 0 aliphatic carbocycles. The average molecular weight is 274 g/mol. The van der Waals surface area contributed by atoms with Crippen LogP contribution in [-0.2, 0) is 4.74 Å². The lowest BCUT2D eigenvalue weighted by atomic mass is 10.0. The average Bonchev–Trinajstić information content (AvgIpc) is 2.44. The predicted molar refractivity (Wildman–Crippen MR) is 73.1 cm³/mol. The highest BCUT2D eigenvalue weighted by Gasteiger charge is 2.35. The van der Waals surface area contributed by atoms with Crippen LogP contribution in [0.4, 0.5) is 0 Å². The molecule has 1 aliphatic heterocycles. The van der Waals surface area contributed by atoms with E-state index in [-0.39, 0.29) is 18.6 Å². The van der Waals surface area contributed by atoms with Crippen LogP contribution >= 0.6 is 0 Å². The molecule has 0 spiro atoms. The Bertz CT molecular complexity index is 531. The van der Waals surface area contributed by atoms with Crippen LogP contribution < -0.4 is 0 Å². The van der Waals surface area contributed by atoms with E-state index in [1.165, 1.54) is 0 Å². The quantitative estimate of drug-likeness (QED) is 0.878. The molecule has 1 atom stereocenters. The molecule has 106 valence electrons. The highest BCUT2D eigenvalue weighted by Crippen LogP contribution is 2.22. The summed E-state index contributed by atoms with van der Waals surface area (Å²) in [5.74, 6) is -0.107. The van der Waals surface area contributed by atoms with E-state index in [2.05, 4.69) is 0 Å². The number of ether oxygens (including phenoxy) is 1. The Morgan fingerprint density at radius 3 is 2.70 bits per heavy atom. The molecule has 1 fully saturated rings. The summed E-state index contributed by atoms with van der Waals surface area (Å²) in [6, 6.07) is 8.58. The molecule has 0 aromatic heterocycles. The third-order valence-corrected chi connectivity index (χ3v) is 3.23. The van der Waals surface area contributed by atoms with Crippen LogP contribution in [0.2, 0.25) is 0 Å². The van der Waals surface area contributed by atoms with Gasteiger partial charge in [0.1, 0.15) is 0 Å². The van der Waals surface area contributed by atoms with Crippen LogP contribution in [0.5, 0.6) is 0 Å². The van der Waals surface area contributed by atoms with Crippen molar-refractivity contribution >= 4 is 5.91 Å². The molecule has 1 heterocycles. The molecular weight excluding hydrogens is 256 g/mol. The van der Waals surface area contributed by atoms with E-state index in [9.17, 15) is 9.90 Å². The second kappa shape index (κ2) is 5.61. The number of rotatable bonds is 2. The van der Waals surface area contributed by atoms with Gasteiger partial charge in [-0.2, -0.15) is 5.26 Å². The third-order valence-electron chi connectivity index (χ3n) is 3.23. The summed E-state index contributed by atoms with van der Waals surface area (Å²) in [6.45, 7) is 4.53. The summed E-state index contributed by atoms with van der Waals surface area (Å²) in [5.41, 5.74) is 0.587. The largest absolute Gasteiger partial charge is 0.394 e. The van der Waals surface area contributed by atoms with E-state index in [0.29, 0.717) is 24.2 Å². The molecule has 0 bridgehead atoms. The van der Waals surface area contributed by atoms with Gasteiger partial charge in [0, 0.05) is 18.7 Å². The smallest absolute Gasteiger partial charge is 0.254 e. The van der Waals surface area contributed by atoms with Crippen molar-refractivity contribution < 1.29 is 14.6 Å². The molecule has 0 radical (unpaired) electrons. The molecule has 5 heteroatoms. The number of morpholine rings is 1. The zero-order valence-corrected chi connectivity index (χ0v) is 11.7. The number of hydrogen-bond donors (Lipinski definition) is 1. The van der Waals surface area contributed by atoms with Gasteiger partial charge in [-0.05, 0) is 38.1 Å². The number of amides is 1. The molecule has 1 aromatic rings. The Morgan fingerprint density at radius 1 is 1.50 bits per heavy atom. The lowest BCUT2D eigenvalue weighted by molar-refractivity contribution is -0.139. The summed E-state index contributed by atoms with van der Waals surface area (Å²) in [5, 5.41) is 18.0. The predicted octanol–water partition coefficient (Wildman–Crippen LogP) is 1.17. The van der Waals surface area contributed by atoms with Crippen molar-refractivity contribution in [2.45, 2.75) is 25.6 Å². The Hall–Kier alpha value is -1.90. The fourth-order valence-corrected chi connectivity index (χ4v) is 2.42. The number of nitriles is 1. The minimum atomic E-state index is -0.478. The summed E-state index contributed by atoms with van der Waals surface area (Å²) < 4.78 is 5.69. The first-order valence-electron chi connectivity index (χ1n) is 6.53. The number of carbonyl (C=O) groups is 1. The van der Waals surface area contributed by atoms with Crippen LogP contribution in [0.3, 0.4) is 0 Å². The van der Waals surface area contributed by atoms with Crippen LogP contribution in [0.25, 0.3) is 0 Å². The third kappa shape index (κ3) is 3.16. The zero-order chi connectivity index (χ0) is 14.8. The van der Waals surface area contributed by atoms with Crippen molar-refractivity contribution in [2.24, 2.45) is 0 Å². The molecule has 20 heavy (non-hydrogen) atoms. The normalized spacial score (nSPS) is 21.3. The van der Waals surface area contributed by atoms with Gasteiger partial charge in [-0.15, -0.1) is 0 Å². The van der Waals surface area contributed by atoms with Crippen molar-refractivity contribution in [2.75, 3.05) is 19.7 Å². The first-order valence-corrected chi connectivity index (χ1v) is 6.53. The summed E-state index contributed by atoms with van der Waals surface area (Å²) in [7, 11) is 0. The van der Waals surface area contributed by atoms with Crippen LogP contribution in [0.1, 0.15) is 29.8 Å². The molecular formula is C15H18N2O3. The van der Waals surface area contributed by atoms with E-state index in [4.69, 9.17) is 10.00 Å². The number of hydrogen-bond acceptors (Lipinski definition) is 4. The van der Waals surface area contributed by atoms with Crippen molar-refractivity contribution in [3.8, 4) is 6.07 Å². The summed E-state index contributed by atoms with van der Waals surface area (Å²) >= 11 is 0. The van der Waals surface area contributed by atoms with Gasteiger partial charge < -0.3 is 14.7 Å². The molecule has 1 unspecified atom stereocenters. The Morgan fingerprint density at radius 2 is 2.15 bits per heavy atom. The Balaban J connectivity index is 2.17. The van der Waals surface area contributed by atoms with Gasteiger partial charge >= 0.3 is 0 Å². The van der Waals surface area contributed by atoms with Gasteiger partial charge in [0.2, 0.25) is 0 Å². The topological polar surface area (TPSA) is 73.6 Å². The molecule has 0 saturated carbocycles. The molecule has 5 nitrogen and oxygen atoms in total. The van der Waals surface area contributed by atoms with E-state index in [0.717, 1.165) is 0 Å². The van der Waals surface area contributed by atoms with Crippen LogP contribution in [0, 0.1) is 11.3 Å². The number of carbonyl (C=O) groups excluding carboxylic acids is 1. The monoisotopic (exact) mass is 274 g/mol. The number of nitrogens with zero attached hydrogens (tertiary/aromatic N) is 2. The number of aliphatic hydroxyl groups is 1. The van der Waals surface area contributed by atoms with Gasteiger partial charge in [-0.1, -0.05) is 0 Å². The van der Waals surface area contributed by atoms with Gasteiger partial charge in [0.25, 0.3) is 5.91 Å². The van der Waals surface area contributed by atoms with Crippen molar-refractivity contribution in [1.82, 2.24) is 4.90 Å². The molecule has 1 N–H and O–H groups in total. The van der Waals surface area contributed by atoms with Crippen molar-refractivity contribution in [1.29, 1.82) is 5.26 Å². The fraction of sp³-hybridized carbons (Fsp3) is 0.467. The van der Waals surface area contributed by atoms with Crippen LogP contribution in [-0.4, -0.2) is 47.3 Å². The first-order chi connectivity index (χ1) is 9.45. The minimum Gasteiger partial charge on any atom is -0.394 e. The summed E-state index contributed by atoms with van der Waals surface area (Å²) in [6.07, 6.45) is -0.360. The van der Waals surface area contributed by atoms with Gasteiger partial charge in [0.15, 0.2) is 0 Å². The highest BCUT2D eigenvalue weighted by molar-refractivity contribution is 5.94. The molecule has 2 rings (SSSR count). The van der Waals surface area contributed by atoms with Gasteiger partial charge in [0.05, 0.1) is 29.9 Å². The fourth-order valence-electron chi connectivity index (χ4n) is 2.42. The second-order valence-electron chi connectivity index (χ2n) is 5.56. The van der Waals surface area contributed by atoms with E-state index in [1.807, 2.05) is 19.9 Å². The van der Waals surface area contributed by atoms with Gasteiger partial charge in [-0.3, -0.25) is 4.79 Å². The SMILES string of the molecule is CC1(C)CN(C(=O)c2ccc(C#N)cc2)CC(CO)O1. The van der Waals surface area contributed by atoms with E-state index >= 15 is 0 Å². The molecule has 1 aliphatic rings. The van der Waals surface area contributed by atoms with Gasteiger partial charge in [-0.25, -0.2) is 0 Å². The molecule has 1 saturated heterocycles. The zero-order valence-electron chi connectivity index (χ0n) is 11.7. The number of aliphatic hydroxyl groups excluding tert-OH is 1. The maximum Gasteiger partial charge on any atom is 0.254 e. The molecule has 1 aromatic carbocycles. The van der Waals surface area contributed by atoms with Crippen molar-refractivity contribution in [3.05, 3.63) is 35.4 Å². The summed E-state index contributed by atoms with van der Waals surface area (Å²) in [4.78, 5) is 14.1. The van der Waals surface area contributed by atoms with E-state index in [1.54, 1.807) is 29.2 Å². The van der Waals surface area contributed by atoms with Crippen LogP contribution in [0.15, 0.2) is 24.3 Å². The lowest BCUT2D eigenvalue weighted by Gasteiger charge is -2.42. The van der Waals surface area contributed by atoms with E-state index < -0.39 is 5.60 Å². The first kappa shape index (κ1) is 14.5. The molecule has 1 amide bonds. The van der Waals surface area contributed by atoms with Crippen molar-refractivity contribution in [3.63, 3.8) is 0 Å². The Kier molecular flexibility index (Phi) is 4.07. The number of benzene rings is 1. The highest BCUT2D eigenvalue weighted by atomic mass is 16.5. The minimum absolute atomic E-state index is 0.107. The maximum absolute atomic E-state index is 12.5. The standard InChI is InChI=1S/C15H18N2O3/c1-15(2)10-17(8-13(9-18)20-15)14(19)12-5-3-11(7-16)4-6-12/h3-6,13,18H,8-10H2,1-2H3.